The zero-order valence-electron chi connectivity index (χ0n) is 12.1. The summed E-state index contributed by atoms with van der Waals surface area (Å²) in [5.74, 6) is 0.557. The number of fused-ring (bicyclic) bond motifs is 1. The van der Waals surface area contributed by atoms with Gasteiger partial charge in [-0.3, -0.25) is 4.79 Å². The number of benzene rings is 1. The lowest BCUT2D eigenvalue weighted by Gasteiger charge is -2.40. The molecular formula is C17H21ClFNO. The molecule has 1 saturated heterocycles. The Morgan fingerprint density at radius 1 is 1.24 bits per heavy atom. The normalized spacial score (nSPS) is 29.0. The van der Waals surface area contributed by atoms with E-state index in [0.717, 1.165) is 24.3 Å². The van der Waals surface area contributed by atoms with Gasteiger partial charge < -0.3 is 5.32 Å². The fourth-order valence-corrected chi connectivity index (χ4v) is 3.96. The van der Waals surface area contributed by atoms with Crippen molar-refractivity contribution in [2.45, 2.75) is 57.0 Å². The van der Waals surface area contributed by atoms with Gasteiger partial charge in [-0.1, -0.05) is 30.5 Å². The Labute approximate surface area is 130 Å². The third-order valence-corrected chi connectivity index (χ3v) is 5.27. The smallest absolute Gasteiger partial charge is 0.154 e. The summed E-state index contributed by atoms with van der Waals surface area (Å²) in [6.45, 7) is 0. The first-order chi connectivity index (χ1) is 10.1. The van der Waals surface area contributed by atoms with Crippen LogP contribution in [0.5, 0.6) is 0 Å². The number of piperidine rings is 1. The minimum absolute atomic E-state index is 0.0644. The van der Waals surface area contributed by atoms with Crippen LogP contribution in [0.15, 0.2) is 18.2 Å². The van der Waals surface area contributed by atoms with Gasteiger partial charge in [0.05, 0.1) is 6.04 Å². The first-order valence-corrected chi connectivity index (χ1v) is 8.24. The molecule has 2 fully saturated rings. The summed E-state index contributed by atoms with van der Waals surface area (Å²) in [5.41, 5.74) is 0.718. The van der Waals surface area contributed by atoms with Crippen molar-refractivity contribution in [2.75, 3.05) is 0 Å². The minimum Gasteiger partial charge on any atom is -0.304 e. The maximum atomic E-state index is 13.0. The molecule has 0 spiro atoms. The van der Waals surface area contributed by atoms with Crippen LogP contribution in [0.3, 0.4) is 0 Å². The summed E-state index contributed by atoms with van der Waals surface area (Å²) >= 11 is 6.01. The number of nitrogens with one attached hydrogen (secondary N) is 1. The second-order valence-corrected chi connectivity index (χ2v) is 6.73. The molecule has 114 valence electrons. The Bertz CT molecular complexity index is 534. The molecule has 1 N–H and O–H groups in total. The third-order valence-electron chi connectivity index (χ3n) is 4.92. The first-order valence-electron chi connectivity index (χ1n) is 7.86. The van der Waals surface area contributed by atoms with Crippen molar-refractivity contribution >= 4 is 17.4 Å². The number of carbonyl (C=O) groups is 1. The van der Waals surface area contributed by atoms with Crippen molar-refractivity contribution in [2.24, 2.45) is 5.92 Å². The lowest BCUT2D eigenvalue weighted by molar-refractivity contribution is -0.121. The molecule has 0 aromatic heterocycles. The second kappa shape index (κ2) is 6.45. The topological polar surface area (TPSA) is 29.1 Å². The van der Waals surface area contributed by atoms with Gasteiger partial charge in [0.1, 0.15) is 5.82 Å². The van der Waals surface area contributed by atoms with Gasteiger partial charge in [0.2, 0.25) is 0 Å². The summed E-state index contributed by atoms with van der Waals surface area (Å²) in [7, 11) is 0. The molecule has 1 aromatic rings. The van der Waals surface area contributed by atoms with Crippen LogP contribution >= 0.6 is 11.6 Å². The van der Waals surface area contributed by atoms with Crippen molar-refractivity contribution < 1.29 is 9.18 Å². The van der Waals surface area contributed by atoms with E-state index in [0.29, 0.717) is 11.1 Å². The highest BCUT2D eigenvalue weighted by Crippen LogP contribution is 2.32. The summed E-state index contributed by atoms with van der Waals surface area (Å²) in [6, 6.07) is 4.69. The van der Waals surface area contributed by atoms with Crippen molar-refractivity contribution in [1.82, 2.24) is 5.32 Å². The van der Waals surface area contributed by atoms with E-state index in [1.54, 1.807) is 6.07 Å². The van der Waals surface area contributed by atoms with Crippen molar-refractivity contribution in [3.63, 3.8) is 0 Å². The molecule has 2 aliphatic rings. The zero-order valence-corrected chi connectivity index (χ0v) is 12.8. The molecule has 3 rings (SSSR count). The van der Waals surface area contributed by atoms with E-state index in [9.17, 15) is 9.18 Å². The van der Waals surface area contributed by atoms with Crippen LogP contribution in [0.25, 0.3) is 0 Å². The molecular weight excluding hydrogens is 289 g/mol. The summed E-state index contributed by atoms with van der Waals surface area (Å²) in [5, 5.41) is 3.88. The van der Waals surface area contributed by atoms with E-state index in [2.05, 4.69) is 5.32 Å². The van der Waals surface area contributed by atoms with Crippen LogP contribution in [0.2, 0.25) is 5.02 Å². The lowest BCUT2D eigenvalue weighted by Crippen LogP contribution is -2.52. The molecule has 21 heavy (non-hydrogen) atoms. The third kappa shape index (κ3) is 3.46. The average molecular weight is 310 g/mol. The van der Waals surface area contributed by atoms with Crippen LogP contribution in [-0.4, -0.2) is 17.9 Å². The highest BCUT2D eigenvalue weighted by atomic mass is 35.5. The van der Waals surface area contributed by atoms with Crippen LogP contribution in [0.4, 0.5) is 4.39 Å². The molecule has 1 heterocycles. The molecule has 3 atom stereocenters. The molecule has 1 aromatic carbocycles. The average Bonchev–Trinajstić information content (AvgIpc) is 2.49. The maximum absolute atomic E-state index is 13.0. The fourth-order valence-electron chi connectivity index (χ4n) is 3.72. The van der Waals surface area contributed by atoms with Gasteiger partial charge in [-0.25, -0.2) is 4.39 Å². The fraction of sp³-hybridized carbons (Fsp3) is 0.588. The van der Waals surface area contributed by atoms with Gasteiger partial charge in [0.25, 0.3) is 0 Å². The second-order valence-electron chi connectivity index (χ2n) is 6.33. The standard InChI is InChI=1S/C17H21ClFNO/c18-14-10-13(19)7-5-12(14)9-17(21)16-8-6-11-3-1-2-4-15(11)20-16/h5,7,10-11,15-16,20H,1-4,6,8-9H2. The number of halogens is 2. The van der Waals surface area contributed by atoms with Gasteiger partial charge in [0, 0.05) is 17.5 Å². The van der Waals surface area contributed by atoms with Crippen LogP contribution in [0, 0.1) is 11.7 Å². The Balaban J connectivity index is 1.63. The SMILES string of the molecule is O=C(Cc1ccc(F)cc1Cl)C1CCC2CCCCC2N1. The van der Waals surface area contributed by atoms with Crippen molar-refractivity contribution in [3.05, 3.63) is 34.6 Å². The number of carbonyl (C=O) groups excluding carboxylic acids is 1. The molecule has 4 heteroatoms. The lowest BCUT2D eigenvalue weighted by atomic mass is 9.77. The van der Waals surface area contributed by atoms with E-state index in [4.69, 9.17) is 11.6 Å². The van der Waals surface area contributed by atoms with Gasteiger partial charge in [-0.2, -0.15) is 0 Å². The Morgan fingerprint density at radius 2 is 2.05 bits per heavy atom. The van der Waals surface area contributed by atoms with Gasteiger partial charge in [-0.05, 0) is 49.3 Å². The number of rotatable bonds is 3. The molecule has 0 radical (unpaired) electrons. The van der Waals surface area contributed by atoms with Gasteiger partial charge in [-0.15, -0.1) is 0 Å². The van der Waals surface area contributed by atoms with E-state index >= 15 is 0 Å². The van der Waals surface area contributed by atoms with E-state index < -0.39 is 0 Å². The highest BCUT2D eigenvalue weighted by Gasteiger charge is 2.34. The van der Waals surface area contributed by atoms with Crippen LogP contribution in [-0.2, 0) is 11.2 Å². The van der Waals surface area contributed by atoms with Gasteiger partial charge in [0.15, 0.2) is 5.78 Å². The quantitative estimate of drug-likeness (QED) is 0.917. The molecule has 0 bridgehead atoms. The van der Waals surface area contributed by atoms with E-state index in [1.165, 1.54) is 37.8 Å². The molecule has 3 unspecified atom stereocenters. The van der Waals surface area contributed by atoms with Crippen molar-refractivity contribution in [3.8, 4) is 0 Å². The number of hydrogen-bond acceptors (Lipinski definition) is 2. The zero-order chi connectivity index (χ0) is 14.8. The van der Waals surface area contributed by atoms with Gasteiger partial charge >= 0.3 is 0 Å². The van der Waals surface area contributed by atoms with Crippen LogP contribution in [0.1, 0.15) is 44.1 Å². The minimum atomic E-state index is -0.364. The molecule has 1 saturated carbocycles. The number of hydrogen-bond donors (Lipinski definition) is 1. The maximum Gasteiger partial charge on any atom is 0.154 e. The predicted molar refractivity (Wildman–Crippen MR) is 82.0 cm³/mol. The molecule has 1 aliphatic heterocycles. The monoisotopic (exact) mass is 309 g/mol. The molecule has 2 nitrogen and oxygen atoms in total. The first kappa shape index (κ1) is 15.0. The van der Waals surface area contributed by atoms with Crippen LogP contribution < -0.4 is 5.32 Å². The molecule has 0 amide bonds. The molecule has 1 aliphatic carbocycles. The summed E-state index contributed by atoms with van der Waals surface area (Å²) in [6.07, 6.45) is 7.41. The number of ketones is 1. The Hall–Kier alpha value is -0.930. The Kier molecular flexibility index (Phi) is 4.60. The number of Topliss-reactive ketones (excluding diaryl/α,β-unsaturated/α-hetero) is 1. The van der Waals surface area contributed by atoms with E-state index in [-0.39, 0.29) is 24.1 Å². The highest BCUT2D eigenvalue weighted by molar-refractivity contribution is 6.31. The Morgan fingerprint density at radius 3 is 2.86 bits per heavy atom. The predicted octanol–water partition coefficient (Wildman–Crippen LogP) is 3.90. The van der Waals surface area contributed by atoms with Crippen molar-refractivity contribution in [1.29, 1.82) is 0 Å². The summed E-state index contributed by atoms with van der Waals surface area (Å²) in [4.78, 5) is 12.5. The largest absolute Gasteiger partial charge is 0.304 e. The summed E-state index contributed by atoms with van der Waals surface area (Å²) < 4.78 is 13.0. The van der Waals surface area contributed by atoms with E-state index in [1.807, 2.05) is 0 Å².